The highest BCUT2D eigenvalue weighted by molar-refractivity contribution is 5.74. The molecule has 0 aliphatic carbocycles. The first-order valence-electron chi connectivity index (χ1n) is 3.98. The van der Waals surface area contributed by atoms with Crippen LogP contribution < -0.4 is 5.73 Å². The molecule has 0 aromatic carbocycles. The highest BCUT2D eigenvalue weighted by Crippen LogP contribution is 2.23. The summed E-state index contributed by atoms with van der Waals surface area (Å²) in [6, 6.07) is 5.74. The van der Waals surface area contributed by atoms with Gasteiger partial charge in [-0.15, -0.1) is 0 Å². The molecule has 0 amide bonds. The zero-order chi connectivity index (χ0) is 9.10. The zero-order valence-corrected chi connectivity index (χ0v) is 7.01. The lowest BCUT2D eigenvalue weighted by molar-refractivity contribution is 1.31. The van der Waals surface area contributed by atoms with Crippen LogP contribution in [0.4, 0.5) is 5.69 Å². The van der Waals surface area contributed by atoms with Crippen LogP contribution in [0, 0.1) is 0 Å². The number of nitrogen functional groups attached to an aromatic ring is 1. The van der Waals surface area contributed by atoms with Crippen molar-refractivity contribution in [1.82, 2.24) is 9.97 Å². The largest absolute Gasteiger partial charge is 0.397 e. The van der Waals surface area contributed by atoms with Crippen LogP contribution in [0.2, 0.25) is 0 Å². The molecule has 3 heteroatoms. The third-order valence-electron chi connectivity index (χ3n) is 1.84. The highest BCUT2D eigenvalue weighted by Gasteiger charge is 1.99. The van der Waals surface area contributed by atoms with Gasteiger partial charge in [0, 0.05) is 24.2 Å². The van der Waals surface area contributed by atoms with Crippen LogP contribution in [0.3, 0.4) is 0 Å². The molecule has 3 nitrogen and oxygen atoms in total. The molecule has 0 spiro atoms. The molecule has 2 rings (SSSR count). The predicted molar refractivity (Wildman–Crippen MR) is 51.9 cm³/mol. The van der Waals surface area contributed by atoms with Crippen molar-refractivity contribution in [3.05, 3.63) is 43.0 Å². The highest BCUT2D eigenvalue weighted by atomic mass is 14.7. The minimum absolute atomic E-state index is 0.689. The molecule has 0 bridgehead atoms. The Morgan fingerprint density at radius 3 is 2.31 bits per heavy atom. The van der Waals surface area contributed by atoms with E-state index in [0.717, 1.165) is 11.1 Å². The van der Waals surface area contributed by atoms with Crippen molar-refractivity contribution in [2.24, 2.45) is 0 Å². The first kappa shape index (κ1) is 7.73. The fourth-order valence-corrected chi connectivity index (χ4v) is 1.20. The Kier molecular flexibility index (Phi) is 1.92. The van der Waals surface area contributed by atoms with Crippen molar-refractivity contribution < 1.29 is 0 Å². The first-order chi connectivity index (χ1) is 6.38. The molecular weight excluding hydrogens is 162 g/mol. The summed E-state index contributed by atoms with van der Waals surface area (Å²) < 4.78 is 0. The van der Waals surface area contributed by atoms with Crippen LogP contribution >= 0.6 is 0 Å². The summed E-state index contributed by atoms with van der Waals surface area (Å²) in [6.07, 6.45) is 6.87. The molecule has 0 fully saturated rings. The lowest BCUT2D eigenvalue weighted by Gasteiger charge is -2.03. The number of hydrogen-bond acceptors (Lipinski definition) is 3. The van der Waals surface area contributed by atoms with Crippen molar-refractivity contribution in [1.29, 1.82) is 0 Å². The van der Waals surface area contributed by atoms with Crippen molar-refractivity contribution in [2.75, 3.05) is 5.73 Å². The standard InChI is InChI=1S/C10H9N3/c11-10-7-13-6-3-9(10)8-1-4-12-5-2-8/h1-7H,11H2. The Hall–Kier alpha value is -1.90. The topological polar surface area (TPSA) is 51.8 Å². The second-order valence-corrected chi connectivity index (χ2v) is 2.70. The van der Waals surface area contributed by atoms with Crippen molar-refractivity contribution >= 4 is 5.69 Å². The summed E-state index contributed by atoms with van der Waals surface area (Å²) in [5, 5.41) is 0. The van der Waals surface area contributed by atoms with E-state index in [2.05, 4.69) is 9.97 Å². The number of anilines is 1. The van der Waals surface area contributed by atoms with E-state index >= 15 is 0 Å². The van der Waals surface area contributed by atoms with Crippen LogP contribution in [0.15, 0.2) is 43.0 Å². The molecule has 2 heterocycles. The van der Waals surface area contributed by atoms with E-state index in [-0.39, 0.29) is 0 Å². The maximum atomic E-state index is 5.77. The van der Waals surface area contributed by atoms with E-state index in [1.165, 1.54) is 0 Å². The van der Waals surface area contributed by atoms with Gasteiger partial charge in [-0.25, -0.2) is 0 Å². The molecule has 2 aromatic rings. The minimum Gasteiger partial charge on any atom is -0.397 e. The van der Waals surface area contributed by atoms with Gasteiger partial charge < -0.3 is 5.73 Å². The second kappa shape index (κ2) is 3.23. The Bertz CT molecular complexity index is 398. The number of nitrogens with zero attached hydrogens (tertiary/aromatic N) is 2. The van der Waals surface area contributed by atoms with Gasteiger partial charge in [0.05, 0.1) is 11.9 Å². The van der Waals surface area contributed by atoms with Crippen LogP contribution in [0.1, 0.15) is 0 Å². The molecule has 0 atom stereocenters. The average molecular weight is 171 g/mol. The minimum atomic E-state index is 0.689. The summed E-state index contributed by atoms with van der Waals surface area (Å²) in [7, 11) is 0. The molecule has 2 aromatic heterocycles. The number of aromatic nitrogens is 2. The van der Waals surface area contributed by atoms with E-state index < -0.39 is 0 Å². The molecule has 0 saturated carbocycles. The van der Waals surface area contributed by atoms with Crippen LogP contribution in [0.25, 0.3) is 11.1 Å². The maximum absolute atomic E-state index is 5.77. The zero-order valence-electron chi connectivity index (χ0n) is 7.01. The lowest BCUT2D eigenvalue weighted by atomic mass is 10.1. The van der Waals surface area contributed by atoms with Gasteiger partial charge in [0.1, 0.15) is 0 Å². The fourth-order valence-electron chi connectivity index (χ4n) is 1.20. The van der Waals surface area contributed by atoms with Gasteiger partial charge in [0.15, 0.2) is 0 Å². The monoisotopic (exact) mass is 171 g/mol. The quantitative estimate of drug-likeness (QED) is 0.710. The molecule has 2 N–H and O–H groups in total. The summed E-state index contributed by atoms with van der Waals surface area (Å²) in [4.78, 5) is 7.87. The smallest absolute Gasteiger partial charge is 0.0580 e. The van der Waals surface area contributed by atoms with Gasteiger partial charge >= 0.3 is 0 Å². The Balaban J connectivity index is 2.54. The molecule has 0 aliphatic heterocycles. The SMILES string of the molecule is Nc1cnccc1-c1ccncc1. The van der Waals surface area contributed by atoms with E-state index in [4.69, 9.17) is 5.73 Å². The van der Waals surface area contributed by atoms with Crippen LogP contribution in [-0.4, -0.2) is 9.97 Å². The Labute approximate surface area is 76.3 Å². The fraction of sp³-hybridized carbons (Fsp3) is 0. The van der Waals surface area contributed by atoms with Gasteiger partial charge in [-0.3, -0.25) is 9.97 Å². The van der Waals surface area contributed by atoms with Crippen molar-refractivity contribution in [2.45, 2.75) is 0 Å². The summed E-state index contributed by atoms with van der Waals surface area (Å²) in [6.45, 7) is 0. The molecule has 0 saturated heterocycles. The Morgan fingerprint density at radius 1 is 0.923 bits per heavy atom. The number of hydrogen-bond donors (Lipinski definition) is 1. The summed E-state index contributed by atoms with van der Waals surface area (Å²) in [5.74, 6) is 0. The third-order valence-corrected chi connectivity index (χ3v) is 1.84. The van der Waals surface area contributed by atoms with Crippen LogP contribution in [-0.2, 0) is 0 Å². The number of nitrogens with two attached hydrogens (primary N) is 1. The molecule has 0 aliphatic rings. The predicted octanol–water partition coefficient (Wildman–Crippen LogP) is 1.73. The molecule has 64 valence electrons. The molecular formula is C10H9N3. The van der Waals surface area contributed by atoms with E-state index in [9.17, 15) is 0 Å². The van der Waals surface area contributed by atoms with Gasteiger partial charge in [0.2, 0.25) is 0 Å². The summed E-state index contributed by atoms with van der Waals surface area (Å²) >= 11 is 0. The lowest BCUT2D eigenvalue weighted by Crippen LogP contribution is -1.90. The van der Waals surface area contributed by atoms with E-state index in [1.807, 2.05) is 18.2 Å². The normalized spacial score (nSPS) is 9.85. The molecule has 0 unspecified atom stereocenters. The van der Waals surface area contributed by atoms with E-state index in [0.29, 0.717) is 5.69 Å². The summed E-state index contributed by atoms with van der Waals surface area (Å²) in [5.41, 5.74) is 8.52. The first-order valence-corrected chi connectivity index (χ1v) is 3.98. The van der Waals surface area contributed by atoms with Crippen LogP contribution in [0.5, 0.6) is 0 Å². The van der Waals surface area contributed by atoms with Gasteiger partial charge in [0.25, 0.3) is 0 Å². The van der Waals surface area contributed by atoms with Gasteiger partial charge in [-0.2, -0.15) is 0 Å². The van der Waals surface area contributed by atoms with Crippen molar-refractivity contribution in [3.8, 4) is 11.1 Å². The van der Waals surface area contributed by atoms with Gasteiger partial charge in [-0.05, 0) is 23.8 Å². The Morgan fingerprint density at radius 2 is 1.62 bits per heavy atom. The van der Waals surface area contributed by atoms with E-state index in [1.54, 1.807) is 24.8 Å². The third kappa shape index (κ3) is 1.49. The average Bonchev–Trinajstić information content (AvgIpc) is 2.20. The molecule has 0 radical (unpaired) electrons. The molecule has 13 heavy (non-hydrogen) atoms. The maximum Gasteiger partial charge on any atom is 0.0580 e. The van der Waals surface area contributed by atoms with Gasteiger partial charge in [-0.1, -0.05) is 0 Å². The number of pyridine rings is 2. The second-order valence-electron chi connectivity index (χ2n) is 2.70. The number of rotatable bonds is 1. The van der Waals surface area contributed by atoms with Crippen molar-refractivity contribution in [3.63, 3.8) is 0 Å².